The van der Waals surface area contributed by atoms with Gasteiger partial charge in [0.25, 0.3) is 5.91 Å². The van der Waals surface area contributed by atoms with Crippen LogP contribution >= 0.6 is 0 Å². The molecule has 0 aromatic heterocycles. The van der Waals surface area contributed by atoms with Crippen LogP contribution in [0.15, 0.2) is 24.3 Å². The molecule has 2 aliphatic carbocycles. The normalized spacial score (nSPS) is 29.0. The minimum Gasteiger partial charge on any atom is -0.382 e. The van der Waals surface area contributed by atoms with Crippen molar-refractivity contribution in [2.75, 3.05) is 5.32 Å². The Morgan fingerprint density at radius 1 is 1.05 bits per heavy atom. The highest BCUT2D eigenvalue weighted by Gasteiger charge is 2.25. The lowest BCUT2D eigenvalue weighted by molar-refractivity contribution is 0.0951. The summed E-state index contributed by atoms with van der Waals surface area (Å²) in [6.45, 7) is 4.70. The van der Waals surface area contributed by atoms with Crippen LogP contribution in [0.3, 0.4) is 0 Å². The molecule has 2 saturated carbocycles. The van der Waals surface area contributed by atoms with Gasteiger partial charge in [-0.05, 0) is 62.1 Å². The first-order valence-corrected chi connectivity index (χ1v) is 8.29. The highest BCUT2D eigenvalue weighted by atomic mass is 16.1. The molecule has 0 heterocycles. The molecule has 3 rings (SSSR count). The third-order valence-corrected chi connectivity index (χ3v) is 5.01. The van der Waals surface area contributed by atoms with Crippen molar-refractivity contribution < 1.29 is 4.79 Å². The van der Waals surface area contributed by atoms with Crippen LogP contribution in [0.5, 0.6) is 0 Å². The van der Waals surface area contributed by atoms with Gasteiger partial charge in [0.15, 0.2) is 0 Å². The second kappa shape index (κ2) is 6.08. The number of hydrogen-bond donors (Lipinski definition) is 2. The van der Waals surface area contributed by atoms with Crippen molar-refractivity contribution in [2.45, 2.75) is 58.0 Å². The van der Waals surface area contributed by atoms with Gasteiger partial charge < -0.3 is 10.6 Å². The summed E-state index contributed by atoms with van der Waals surface area (Å²) in [5.41, 5.74) is 1.84. The number of carbonyl (C=O) groups excluding carboxylic acids is 1. The van der Waals surface area contributed by atoms with Crippen LogP contribution in [0, 0.1) is 11.8 Å². The van der Waals surface area contributed by atoms with E-state index in [4.69, 9.17) is 0 Å². The second-order valence-electron chi connectivity index (χ2n) is 6.94. The van der Waals surface area contributed by atoms with Gasteiger partial charge >= 0.3 is 0 Å². The molecule has 1 aromatic carbocycles. The van der Waals surface area contributed by atoms with E-state index in [-0.39, 0.29) is 5.91 Å². The topological polar surface area (TPSA) is 41.1 Å². The summed E-state index contributed by atoms with van der Waals surface area (Å²) in [5, 5.41) is 6.66. The zero-order chi connectivity index (χ0) is 14.8. The number of benzene rings is 1. The predicted molar refractivity (Wildman–Crippen MR) is 86.5 cm³/mol. The molecule has 2 fully saturated rings. The van der Waals surface area contributed by atoms with Crippen LogP contribution in [-0.2, 0) is 0 Å². The third kappa shape index (κ3) is 3.78. The average molecular weight is 286 g/mol. The number of hydrogen-bond acceptors (Lipinski definition) is 2. The van der Waals surface area contributed by atoms with Crippen LogP contribution in [0.4, 0.5) is 5.69 Å². The molecule has 0 radical (unpaired) electrons. The van der Waals surface area contributed by atoms with Crippen molar-refractivity contribution in [3.05, 3.63) is 29.8 Å². The Morgan fingerprint density at radius 3 is 2.52 bits per heavy atom. The lowest BCUT2D eigenvalue weighted by Crippen LogP contribution is -2.30. The Balaban J connectivity index is 1.61. The molecule has 1 amide bonds. The van der Waals surface area contributed by atoms with Gasteiger partial charge in [0.05, 0.1) is 0 Å². The Bertz CT molecular complexity index is 510. The largest absolute Gasteiger partial charge is 0.382 e. The van der Waals surface area contributed by atoms with Gasteiger partial charge in [-0.3, -0.25) is 4.79 Å². The summed E-state index contributed by atoms with van der Waals surface area (Å²) in [6, 6.07) is 8.87. The maximum Gasteiger partial charge on any atom is 0.251 e. The summed E-state index contributed by atoms with van der Waals surface area (Å²) in [5.74, 6) is 1.67. The summed E-state index contributed by atoms with van der Waals surface area (Å²) >= 11 is 0. The van der Waals surface area contributed by atoms with E-state index in [9.17, 15) is 4.79 Å². The minimum atomic E-state index is 0.0618. The average Bonchev–Trinajstić information content (AvgIpc) is 3.27. The maximum absolute atomic E-state index is 12.1. The molecule has 2 N–H and O–H groups in total. The van der Waals surface area contributed by atoms with Gasteiger partial charge in [0.2, 0.25) is 0 Å². The Kier molecular flexibility index (Phi) is 4.18. The molecule has 0 aliphatic heterocycles. The Morgan fingerprint density at radius 2 is 1.81 bits per heavy atom. The van der Waals surface area contributed by atoms with Crippen molar-refractivity contribution in [2.24, 2.45) is 11.8 Å². The number of amides is 1. The fraction of sp³-hybridized carbons (Fsp3) is 0.611. The van der Waals surface area contributed by atoms with Crippen LogP contribution < -0.4 is 10.6 Å². The first kappa shape index (κ1) is 14.4. The molecule has 3 unspecified atom stereocenters. The monoisotopic (exact) mass is 286 g/mol. The zero-order valence-electron chi connectivity index (χ0n) is 13.1. The van der Waals surface area contributed by atoms with Gasteiger partial charge in [-0.2, -0.15) is 0 Å². The third-order valence-electron chi connectivity index (χ3n) is 5.01. The van der Waals surface area contributed by atoms with Crippen molar-refractivity contribution in [3.8, 4) is 0 Å². The maximum atomic E-state index is 12.1. The summed E-state index contributed by atoms with van der Waals surface area (Å²) in [4.78, 5) is 12.1. The van der Waals surface area contributed by atoms with Gasteiger partial charge in [-0.15, -0.1) is 0 Å². The van der Waals surface area contributed by atoms with E-state index < -0.39 is 0 Å². The first-order valence-electron chi connectivity index (χ1n) is 8.29. The number of rotatable bonds is 4. The number of carbonyl (C=O) groups is 1. The van der Waals surface area contributed by atoms with Crippen LogP contribution in [-0.4, -0.2) is 18.0 Å². The molecule has 0 spiro atoms. The molecule has 114 valence electrons. The summed E-state index contributed by atoms with van der Waals surface area (Å²) < 4.78 is 0. The molecule has 0 saturated heterocycles. The van der Waals surface area contributed by atoms with Crippen molar-refractivity contribution >= 4 is 11.6 Å². The van der Waals surface area contributed by atoms with E-state index in [1.807, 2.05) is 18.2 Å². The highest BCUT2D eigenvalue weighted by Crippen LogP contribution is 2.31. The van der Waals surface area contributed by atoms with Crippen molar-refractivity contribution in [1.82, 2.24) is 5.32 Å². The molecule has 3 atom stereocenters. The first-order chi connectivity index (χ1) is 10.1. The lowest BCUT2D eigenvalue weighted by Gasteiger charge is -2.33. The van der Waals surface area contributed by atoms with E-state index >= 15 is 0 Å². The van der Waals surface area contributed by atoms with Crippen LogP contribution in [0.1, 0.15) is 56.3 Å². The zero-order valence-corrected chi connectivity index (χ0v) is 13.1. The smallest absolute Gasteiger partial charge is 0.251 e. The van der Waals surface area contributed by atoms with Crippen molar-refractivity contribution in [3.63, 3.8) is 0 Å². The summed E-state index contributed by atoms with van der Waals surface area (Å²) in [7, 11) is 0. The second-order valence-corrected chi connectivity index (χ2v) is 6.94. The van der Waals surface area contributed by atoms with Gasteiger partial charge in [-0.1, -0.05) is 19.9 Å². The number of nitrogens with one attached hydrogen (secondary N) is 2. The Hall–Kier alpha value is -1.51. The van der Waals surface area contributed by atoms with E-state index in [1.54, 1.807) is 0 Å². The molecule has 21 heavy (non-hydrogen) atoms. The molecular weight excluding hydrogens is 260 g/mol. The molecule has 3 nitrogen and oxygen atoms in total. The fourth-order valence-corrected chi connectivity index (χ4v) is 3.16. The van der Waals surface area contributed by atoms with Crippen LogP contribution in [0.2, 0.25) is 0 Å². The van der Waals surface area contributed by atoms with Gasteiger partial charge in [0, 0.05) is 23.3 Å². The van der Waals surface area contributed by atoms with Gasteiger partial charge in [-0.25, -0.2) is 0 Å². The molecule has 0 bridgehead atoms. The van der Waals surface area contributed by atoms with Crippen LogP contribution in [0.25, 0.3) is 0 Å². The van der Waals surface area contributed by atoms with E-state index in [0.29, 0.717) is 12.1 Å². The van der Waals surface area contributed by atoms with Crippen molar-refractivity contribution in [1.29, 1.82) is 0 Å². The predicted octanol–water partition coefficient (Wildman–Crippen LogP) is 3.82. The summed E-state index contributed by atoms with van der Waals surface area (Å²) in [6.07, 6.45) is 5.99. The minimum absolute atomic E-state index is 0.0618. The SMILES string of the molecule is CC1CCC(Nc2cccc(C(=O)NC3CC3)c2)CC1C. The quantitative estimate of drug-likeness (QED) is 0.883. The number of anilines is 1. The molecule has 2 aliphatic rings. The van der Waals surface area contributed by atoms with E-state index in [0.717, 1.165) is 35.9 Å². The fourth-order valence-electron chi connectivity index (χ4n) is 3.16. The molecule has 1 aromatic rings. The van der Waals surface area contributed by atoms with E-state index in [1.165, 1.54) is 19.3 Å². The molecular formula is C18H26N2O. The Labute approximate surface area is 127 Å². The lowest BCUT2D eigenvalue weighted by atomic mass is 9.79. The standard InChI is InChI=1S/C18H26N2O/c1-12-6-7-17(10-13(12)2)19-16-5-3-4-14(11-16)18(21)20-15-8-9-15/h3-5,11-13,15,17,19H,6-10H2,1-2H3,(H,20,21). The highest BCUT2D eigenvalue weighted by molar-refractivity contribution is 5.95. The molecule has 3 heteroatoms. The van der Waals surface area contributed by atoms with Gasteiger partial charge in [0.1, 0.15) is 0 Å². The van der Waals surface area contributed by atoms with E-state index in [2.05, 4.69) is 30.5 Å².